The number of carbonyl (C=O) groups excluding carboxylic acids is 1. The van der Waals surface area contributed by atoms with Crippen molar-refractivity contribution >= 4 is 33.2 Å². The van der Waals surface area contributed by atoms with Gasteiger partial charge in [-0.2, -0.15) is 5.10 Å². The number of piperazine rings is 1. The zero-order chi connectivity index (χ0) is 21.3. The maximum atomic E-state index is 12.9. The summed E-state index contributed by atoms with van der Waals surface area (Å²) in [5, 5.41) is 7.43. The predicted octanol–water partition coefficient (Wildman–Crippen LogP) is 4.26. The number of aromatic nitrogens is 2. The Bertz CT molecular complexity index is 1050. The first-order chi connectivity index (χ1) is 14.4. The van der Waals surface area contributed by atoms with Crippen molar-refractivity contribution in [3.63, 3.8) is 0 Å². The van der Waals surface area contributed by atoms with Gasteiger partial charge in [0, 0.05) is 42.0 Å². The van der Waals surface area contributed by atoms with Gasteiger partial charge in [-0.1, -0.05) is 15.9 Å². The first-order valence-electron chi connectivity index (χ1n) is 10.1. The minimum absolute atomic E-state index is 0.150. The van der Waals surface area contributed by atoms with Gasteiger partial charge in [0.2, 0.25) is 0 Å². The number of nitrogens with zero attached hydrogens (tertiary/aromatic N) is 4. The van der Waals surface area contributed by atoms with E-state index >= 15 is 0 Å². The van der Waals surface area contributed by atoms with E-state index in [1.165, 1.54) is 11.3 Å². The molecule has 3 aromatic rings. The highest BCUT2D eigenvalue weighted by molar-refractivity contribution is 9.10. The fourth-order valence-electron chi connectivity index (χ4n) is 3.81. The molecule has 1 aliphatic rings. The van der Waals surface area contributed by atoms with Crippen molar-refractivity contribution in [1.29, 1.82) is 0 Å². The number of anilines is 2. The number of hydrogen-bond acceptors (Lipinski definition) is 4. The Labute approximate surface area is 185 Å². The minimum atomic E-state index is -0.150. The summed E-state index contributed by atoms with van der Waals surface area (Å²) in [6.45, 7) is 8.19. The molecule has 1 N–H and O–H groups in total. The number of aryl methyl sites for hydroxylation is 1. The van der Waals surface area contributed by atoms with Crippen LogP contribution in [0, 0.1) is 13.8 Å². The molecule has 0 saturated carbocycles. The van der Waals surface area contributed by atoms with Crippen LogP contribution >= 0.6 is 15.9 Å². The summed E-state index contributed by atoms with van der Waals surface area (Å²) >= 11 is 3.44. The molecule has 6 nitrogen and oxygen atoms in total. The van der Waals surface area contributed by atoms with E-state index in [9.17, 15) is 4.79 Å². The molecule has 0 radical (unpaired) electrons. The number of hydrogen-bond donors (Lipinski definition) is 1. The van der Waals surface area contributed by atoms with E-state index in [2.05, 4.69) is 56.2 Å². The lowest BCUT2D eigenvalue weighted by Gasteiger charge is -2.35. The lowest BCUT2D eigenvalue weighted by molar-refractivity contribution is 0.102. The van der Waals surface area contributed by atoms with E-state index in [0.717, 1.165) is 47.7 Å². The maximum Gasteiger partial charge on any atom is 0.259 e. The van der Waals surface area contributed by atoms with Crippen LogP contribution in [-0.2, 0) is 0 Å². The third-order valence-corrected chi connectivity index (χ3v) is 6.15. The molecule has 0 bridgehead atoms. The van der Waals surface area contributed by atoms with Crippen LogP contribution in [0.1, 0.15) is 21.6 Å². The summed E-state index contributed by atoms with van der Waals surface area (Å²) in [6.07, 6.45) is 1.62. The highest BCUT2D eigenvalue weighted by atomic mass is 79.9. The van der Waals surface area contributed by atoms with Gasteiger partial charge in [-0.25, -0.2) is 4.68 Å². The zero-order valence-corrected chi connectivity index (χ0v) is 19.1. The molecule has 156 valence electrons. The molecule has 2 heterocycles. The summed E-state index contributed by atoms with van der Waals surface area (Å²) in [5.41, 5.74) is 5.49. The number of benzene rings is 2. The van der Waals surface area contributed by atoms with Gasteiger partial charge in [0.15, 0.2) is 0 Å². The van der Waals surface area contributed by atoms with Gasteiger partial charge in [-0.15, -0.1) is 0 Å². The third-order valence-electron chi connectivity index (χ3n) is 5.62. The third kappa shape index (κ3) is 4.27. The Morgan fingerprint density at radius 3 is 2.40 bits per heavy atom. The Morgan fingerprint density at radius 1 is 1.03 bits per heavy atom. The monoisotopic (exact) mass is 467 g/mol. The van der Waals surface area contributed by atoms with Crippen molar-refractivity contribution in [3.05, 3.63) is 70.0 Å². The average Bonchev–Trinajstić information content (AvgIpc) is 3.11. The first-order valence-corrected chi connectivity index (χ1v) is 10.9. The lowest BCUT2D eigenvalue weighted by Crippen LogP contribution is -2.44. The quantitative estimate of drug-likeness (QED) is 0.622. The molecule has 0 unspecified atom stereocenters. The fourth-order valence-corrected chi connectivity index (χ4v) is 4.07. The highest BCUT2D eigenvalue weighted by Crippen LogP contribution is 2.25. The highest BCUT2D eigenvalue weighted by Gasteiger charge is 2.18. The number of nitrogens with one attached hydrogen (secondary N) is 1. The summed E-state index contributed by atoms with van der Waals surface area (Å²) in [7, 11) is 2.16. The van der Waals surface area contributed by atoms with Gasteiger partial charge in [0.1, 0.15) is 0 Å². The Balaban J connectivity index is 1.49. The number of amides is 1. The maximum absolute atomic E-state index is 12.9. The molecule has 1 fully saturated rings. The molecule has 30 heavy (non-hydrogen) atoms. The summed E-state index contributed by atoms with van der Waals surface area (Å²) in [5.74, 6) is -0.150. The second-order valence-electron chi connectivity index (χ2n) is 7.78. The second kappa shape index (κ2) is 8.62. The normalized spacial score (nSPS) is 14.7. The molecular weight excluding hydrogens is 442 g/mol. The zero-order valence-electron chi connectivity index (χ0n) is 17.5. The van der Waals surface area contributed by atoms with Crippen molar-refractivity contribution in [2.45, 2.75) is 13.8 Å². The lowest BCUT2D eigenvalue weighted by atomic mass is 10.1. The van der Waals surface area contributed by atoms with Crippen LogP contribution in [0.25, 0.3) is 5.69 Å². The molecular formula is C23H26BrN5O. The number of rotatable bonds is 4. The summed E-state index contributed by atoms with van der Waals surface area (Å²) in [6, 6.07) is 14.0. The molecule has 0 atom stereocenters. The van der Waals surface area contributed by atoms with Crippen molar-refractivity contribution in [1.82, 2.24) is 14.7 Å². The van der Waals surface area contributed by atoms with Crippen LogP contribution in [0.4, 0.5) is 11.4 Å². The molecule has 0 aliphatic carbocycles. The van der Waals surface area contributed by atoms with E-state index in [0.29, 0.717) is 5.56 Å². The van der Waals surface area contributed by atoms with Crippen LogP contribution in [0.15, 0.2) is 53.1 Å². The van der Waals surface area contributed by atoms with Crippen LogP contribution in [0.3, 0.4) is 0 Å². The van der Waals surface area contributed by atoms with Crippen molar-refractivity contribution in [3.8, 4) is 5.69 Å². The molecule has 7 heteroatoms. The summed E-state index contributed by atoms with van der Waals surface area (Å²) < 4.78 is 2.78. The summed E-state index contributed by atoms with van der Waals surface area (Å²) in [4.78, 5) is 17.6. The molecule has 1 aromatic heterocycles. The van der Waals surface area contributed by atoms with E-state index in [-0.39, 0.29) is 5.91 Å². The topological polar surface area (TPSA) is 53.4 Å². The average molecular weight is 468 g/mol. The van der Waals surface area contributed by atoms with E-state index in [4.69, 9.17) is 0 Å². The van der Waals surface area contributed by atoms with Crippen LogP contribution in [0.2, 0.25) is 0 Å². The van der Waals surface area contributed by atoms with Gasteiger partial charge >= 0.3 is 0 Å². The molecule has 1 saturated heterocycles. The largest absolute Gasteiger partial charge is 0.369 e. The van der Waals surface area contributed by atoms with Crippen LogP contribution in [-0.4, -0.2) is 53.8 Å². The van der Waals surface area contributed by atoms with E-state index in [1.807, 2.05) is 43.3 Å². The first kappa shape index (κ1) is 20.6. The van der Waals surface area contributed by atoms with Gasteiger partial charge in [-0.05, 0) is 68.9 Å². The van der Waals surface area contributed by atoms with Crippen LogP contribution < -0.4 is 10.2 Å². The Morgan fingerprint density at radius 2 is 1.73 bits per heavy atom. The second-order valence-corrected chi connectivity index (χ2v) is 8.69. The number of carbonyl (C=O) groups is 1. The van der Waals surface area contributed by atoms with Crippen molar-refractivity contribution < 1.29 is 4.79 Å². The SMILES string of the molecule is Cc1cc(NC(=O)c2cnn(-c3ccc(Br)cc3)c2C)ccc1N1CCN(C)CC1. The smallest absolute Gasteiger partial charge is 0.259 e. The Kier molecular flexibility index (Phi) is 5.92. The molecule has 2 aromatic carbocycles. The fraction of sp³-hybridized carbons (Fsp3) is 0.304. The van der Waals surface area contributed by atoms with Crippen molar-refractivity contribution in [2.24, 2.45) is 0 Å². The van der Waals surface area contributed by atoms with Gasteiger partial charge in [0.05, 0.1) is 23.1 Å². The predicted molar refractivity (Wildman–Crippen MR) is 125 cm³/mol. The van der Waals surface area contributed by atoms with E-state index < -0.39 is 0 Å². The molecule has 1 aliphatic heterocycles. The van der Waals surface area contributed by atoms with Gasteiger partial charge in [0.25, 0.3) is 5.91 Å². The minimum Gasteiger partial charge on any atom is -0.369 e. The van der Waals surface area contributed by atoms with Gasteiger partial charge < -0.3 is 15.1 Å². The number of halogens is 1. The van der Waals surface area contributed by atoms with E-state index in [1.54, 1.807) is 10.9 Å². The molecule has 0 spiro atoms. The number of likely N-dealkylation sites (N-methyl/N-ethyl adjacent to an activating group) is 1. The van der Waals surface area contributed by atoms with Crippen LogP contribution in [0.5, 0.6) is 0 Å². The Hall–Kier alpha value is -2.64. The molecule has 4 rings (SSSR count). The standard InChI is InChI=1S/C23H26BrN5O/c1-16-14-19(6-9-22(16)28-12-10-27(3)11-13-28)26-23(30)21-15-25-29(17(21)2)20-7-4-18(24)5-8-20/h4-9,14-15H,10-13H2,1-3H3,(H,26,30). The van der Waals surface area contributed by atoms with Crippen molar-refractivity contribution in [2.75, 3.05) is 43.4 Å². The molecule has 1 amide bonds. The van der Waals surface area contributed by atoms with Gasteiger partial charge in [-0.3, -0.25) is 4.79 Å².